The third-order valence-electron chi connectivity index (χ3n) is 3.20. The van der Waals surface area contributed by atoms with E-state index in [0.717, 1.165) is 18.7 Å². The van der Waals surface area contributed by atoms with Gasteiger partial charge in [-0.1, -0.05) is 13.0 Å². The fraction of sp³-hybridized carbons (Fsp3) is 0.333. The van der Waals surface area contributed by atoms with Gasteiger partial charge >= 0.3 is 0 Å². The molecule has 0 unspecified atom stereocenters. The molecule has 0 saturated carbocycles. The van der Waals surface area contributed by atoms with Crippen LogP contribution in [0.5, 0.6) is 0 Å². The number of nitriles is 1. The van der Waals surface area contributed by atoms with Gasteiger partial charge in [-0.2, -0.15) is 5.26 Å². The Morgan fingerprint density at radius 3 is 2.90 bits per heavy atom. The Kier molecular flexibility index (Phi) is 4.76. The van der Waals surface area contributed by atoms with E-state index in [-0.39, 0.29) is 10.6 Å². The third-order valence-corrected chi connectivity index (χ3v) is 4.89. The van der Waals surface area contributed by atoms with Gasteiger partial charge < -0.3 is 4.57 Å². The predicted octanol–water partition coefficient (Wildman–Crippen LogP) is 2.18. The molecule has 0 bridgehead atoms. The van der Waals surface area contributed by atoms with Crippen LogP contribution in [0.15, 0.2) is 41.6 Å². The van der Waals surface area contributed by atoms with Gasteiger partial charge in [-0.3, -0.25) is 0 Å². The van der Waals surface area contributed by atoms with Crippen LogP contribution in [-0.4, -0.2) is 23.7 Å². The highest BCUT2D eigenvalue weighted by Crippen LogP contribution is 2.14. The van der Waals surface area contributed by atoms with E-state index in [1.54, 1.807) is 24.5 Å². The molecule has 0 aliphatic heterocycles. The lowest BCUT2D eigenvalue weighted by Gasteiger charge is -2.08. The Hall–Kier alpha value is -2.13. The number of hydrogen-bond donors (Lipinski definition) is 0. The fourth-order valence-electron chi connectivity index (χ4n) is 2.09. The van der Waals surface area contributed by atoms with E-state index in [4.69, 9.17) is 5.26 Å². The summed E-state index contributed by atoms with van der Waals surface area (Å²) in [7, 11) is -3.40. The zero-order valence-corrected chi connectivity index (χ0v) is 12.7. The van der Waals surface area contributed by atoms with Gasteiger partial charge in [0.1, 0.15) is 5.82 Å². The predicted molar refractivity (Wildman–Crippen MR) is 79.4 cm³/mol. The molecule has 0 radical (unpaired) electrons. The lowest BCUT2D eigenvalue weighted by atomic mass is 10.2. The number of imidazole rings is 1. The van der Waals surface area contributed by atoms with Gasteiger partial charge in [-0.05, 0) is 24.6 Å². The van der Waals surface area contributed by atoms with Crippen LogP contribution in [0.25, 0.3) is 0 Å². The highest BCUT2D eigenvalue weighted by molar-refractivity contribution is 7.91. The average molecular weight is 303 g/mol. The molecule has 21 heavy (non-hydrogen) atoms. The highest BCUT2D eigenvalue weighted by atomic mass is 32.2. The maximum atomic E-state index is 12.3. The second kappa shape index (κ2) is 6.55. The van der Waals surface area contributed by atoms with Gasteiger partial charge in [-0.15, -0.1) is 0 Å². The molecule has 1 aromatic carbocycles. The molecule has 2 aromatic rings. The normalized spacial score (nSPS) is 11.2. The third kappa shape index (κ3) is 3.70. The summed E-state index contributed by atoms with van der Waals surface area (Å²) >= 11 is 0. The van der Waals surface area contributed by atoms with Crippen molar-refractivity contribution in [3.05, 3.63) is 48.0 Å². The Morgan fingerprint density at radius 1 is 1.38 bits per heavy atom. The summed E-state index contributed by atoms with van der Waals surface area (Å²) in [5.74, 6) is 0.896. The van der Waals surface area contributed by atoms with E-state index in [1.165, 1.54) is 12.1 Å². The van der Waals surface area contributed by atoms with Gasteiger partial charge in [0.05, 0.1) is 22.3 Å². The average Bonchev–Trinajstić information content (AvgIpc) is 2.93. The van der Waals surface area contributed by atoms with Crippen LogP contribution in [0.1, 0.15) is 24.7 Å². The SMILES string of the molecule is CCCc1nccn1CCS(=O)(=O)c1cccc(C#N)c1. The van der Waals surface area contributed by atoms with Crippen LogP contribution in [0.2, 0.25) is 0 Å². The molecule has 110 valence electrons. The standard InChI is InChI=1S/C15H17N3O2S/c1-2-4-15-17-7-8-18(15)9-10-21(19,20)14-6-3-5-13(11-14)12-16/h3,5-8,11H,2,4,9-10H2,1H3. The molecule has 6 heteroatoms. The quantitative estimate of drug-likeness (QED) is 0.819. The van der Waals surface area contributed by atoms with E-state index in [0.29, 0.717) is 12.1 Å². The smallest absolute Gasteiger partial charge is 0.180 e. The molecule has 0 aliphatic rings. The summed E-state index contributed by atoms with van der Waals surface area (Å²) in [6.07, 6.45) is 5.28. The first kappa shape index (κ1) is 15.3. The number of aromatic nitrogens is 2. The Morgan fingerprint density at radius 2 is 2.19 bits per heavy atom. The molecular weight excluding hydrogens is 286 g/mol. The van der Waals surface area contributed by atoms with Crippen molar-refractivity contribution in [3.8, 4) is 6.07 Å². The number of rotatable bonds is 6. The van der Waals surface area contributed by atoms with E-state index in [1.807, 2.05) is 10.6 Å². The first-order valence-corrected chi connectivity index (χ1v) is 8.45. The summed E-state index contributed by atoms with van der Waals surface area (Å²) in [4.78, 5) is 4.43. The maximum absolute atomic E-state index is 12.3. The Bertz CT molecular complexity index is 757. The molecule has 1 aromatic heterocycles. The van der Waals surface area contributed by atoms with Crippen LogP contribution >= 0.6 is 0 Å². The first-order valence-electron chi connectivity index (χ1n) is 6.79. The van der Waals surface area contributed by atoms with Crippen molar-refractivity contribution in [2.45, 2.75) is 31.2 Å². The number of hydrogen-bond acceptors (Lipinski definition) is 4. The number of benzene rings is 1. The maximum Gasteiger partial charge on any atom is 0.180 e. The fourth-order valence-corrected chi connectivity index (χ4v) is 3.36. The number of nitrogens with zero attached hydrogens (tertiary/aromatic N) is 3. The molecular formula is C15H17N3O2S. The number of sulfone groups is 1. The van der Waals surface area contributed by atoms with Crippen molar-refractivity contribution in [1.82, 2.24) is 9.55 Å². The zero-order valence-electron chi connectivity index (χ0n) is 11.9. The van der Waals surface area contributed by atoms with Crippen LogP contribution in [0.3, 0.4) is 0 Å². The van der Waals surface area contributed by atoms with Crippen molar-refractivity contribution < 1.29 is 8.42 Å². The monoisotopic (exact) mass is 303 g/mol. The van der Waals surface area contributed by atoms with Gasteiger partial charge in [0, 0.05) is 25.4 Å². The first-order chi connectivity index (χ1) is 10.1. The second-order valence-electron chi connectivity index (χ2n) is 4.75. The molecule has 0 aliphatic carbocycles. The summed E-state index contributed by atoms with van der Waals surface area (Å²) in [5, 5.41) is 8.85. The topological polar surface area (TPSA) is 75.8 Å². The van der Waals surface area contributed by atoms with Gasteiger partial charge in [0.2, 0.25) is 0 Å². The van der Waals surface area contributed by atoms with Crippen LogP contribution in [0.4, 0.5) is 0 Å². The molecule has 5 nitrogen and oxygen atoms in total. The molecule has 1 heterocycles. The van der Waals surface area contributed by atoms with Crippen molar-refractivity contribution in [1.29, 1.82) is 5.26 Å². The Balaban J connectivity index is 2.14. The molecule has 0 amide bonds. The van der Waals surface area contributed by atoms with Crippen molar-refractivity contribution in [2.24, 2.45) is 0 Å². The number of aryl methyl sites for hydroxylation is 2. The van der Waals surface area contributed by atoms with Crippen molar-refractivity contribution in [3.63, 3.8) is 0 Å². The second-order valence-corrected chi connectivity index (χ2v) is 6.85. The zero-order chi connectivity index (χ0) is 15.3. The van der Waals surface area contributed by atoms with Gasteiger partial charge in [0.25, 0.3) is 0 Å². The van der Waals surface area contributed by atoms with E-state index in [9.17, 15) is 8.42 Å². The van der Waals surface area contributed by atoms with Crippen LogP contribution < -0.4 is 0 Å². The van der Waals surface area contributed by atoms with E-state index >= 15 is 0 Å². The summed E-state index contributed by atoms with van der Waals surface area (Å²) in [5.41, 5.74) is 0.352. The van der Waals surface area contributed by atoms with E-state index < -0.39 is 9.84 Å². The summed E-state index contributed by atoms with van der Waals surface area (Å²) in [6, 6.07) is 8.07. The minimum Gasteiger partial charge on any atom is -0.334 e. The van der Waals surface area contributed by atoms with Crippen LogP contribution in [0, 0.1) is 11.3 Å². The van der Waals surface area contributed by atoms with Gasteiger partial charge in [0.15, 0.2) is 9.84 Å². The van der Waals surface area contributed by atoms with Crippen LogP contribution in [-0.2, 0) is 22.8 Å². The van der Waals surface area contributed by atoms with Crippen molar-refractivity contribution in [2.75, 3.05) is 5.75 Å². The minimum atomic E-state index is -3.40. The lowest BCUT2D eigenvalue weighted by Crippen LogP contribution is -2.14. The van der Waals surface area contributed by atoms with Gasteiger partial charge in [-0.25, -0.2) is 13.4 Å². The Labute approximate surface area is 124 Å². The van der Waals surface area contributed by atoms with E-state index in [2.05, 4.69) is 11.9 Å². The minimum absolute atomic E-state index is 0.00500. The van der Waals surface area contributed by atoms with Crippen molar-refractivity contribution >= 4 is 9.84 Å². The molecule has 2 rings (SSSR count). The molecule has 0 fully saturated rings. The highest BCUT2D eigenvalue weighted by Gasteiger charge is 2.15. The molecule has 0 atom stereocenters. The molecule has 0 spiro atoms. The molecule has 0 N–H and O–H groups in total. The lowest BCUT2D eigenvalue weighted by molar-refractivity contribution is 0.585. The largest absolute Gasteiger partial charge is 0.334 e. The summed E-state index contributed by atoms with van der Waals surface area (Å²) in [6.45, 7) is 2.43. The summed E-state index contributed by atoms with van der Waals surface area (Å²) < 4.78 is 26.5. The molecule has 0 saturated heterocycles.